The van der Waals surface area contributed by atoms with E-state index in [1.54, 1.807) is 4.90 Å². The summed E-state index contributed by atoms with van der Waals surface area (Å²) < 4.78 is 13.4. The summed E-state index contributed by atoms with van der Waals surface area (Å²) in [7, 11) is 0. The normalized spacial score (nSPS) is 23.2. The summed E-state index contributed by atoms with van der Waals surface area (Å²) in [4.78, 5) is 27.5. The fraction of sp³-hybridized carbons (Fsp3) is 0.478. The van der Waals surface area contributed by atoms with Crippen LogP contribution < -0.4 is 4.74 Å². The van der Waals surface area contributed by atoms with Gasteiger partial charge in [0.15, 0.2) is 0 Å². The molecule has 5 nitrogen and oxygen atoms in total. The van der Waals surface area contributed by atoms with Gasteiger partial charge in [-0.1, -0.05) is 62.1 Å². The number of hydrogen-bond donors (Lipinski definition) is 0. The molecule has 0 saturated carbocycles. The van der Waals surface area contributed by atoms with Crippen molar-refractivity contribution in [3.63, 3.8) is 0 Å². The van der Waals surface area contributed by atoms with Crippen LogP contribution in [0.1, 0.15) is 32.8 Å². The smallest absolute Gasteiger partial charge is 0.355 e. The Morgan fingerprint density at radius 1 is 1.40 bits per heavy atom. The lowest BCUT2D eigenvalue weighted by Crippen LogP contribution is -2.37. The first-order valence-corrected chi connectivity index (χ1v) is 12.7. The van der Waals surface area contributed by atoms with Crippen molar-refractivity contribution in [2.75, 3.05) is 13.2 Å². The zero-order valence-corrected chi connectivity index (χ0v) is 21.8. The van der Waals surface area contributed by atoms with Crippen molar-refractivity contribution in [1.82, 2.24) is 4.90 Å². The van der Waals surface area contributed by atoms with E-state index in [9.17, 15) is 9.59 Å². The number of fused-ring (bicyclic) bond motifs is 1. The van der Waals surface area contributed by atoms with Gasteiger partial charge in [0.2, 0.25) is 5.91 Å². The van der Waals surface area contributed by atoms with Gasteiger partial charge in [-0.3, -0.25) is 4.79 Å². The Hall–Kier alpha value is -1.10. The molecule has 2 heterocycles. The van der Waals surface area contributed by atoms with Gasteiger partial charge < -0.3 is 14.4 Å². The molecular weight excluding hydrogens is 608 g/mol. The molecule has 1 aromatic carbocycles. The molecule has 3 rings (SSSR count). The van der Waals surface area contributed by atoms with Crippen LogP contribution in [0.25, 0.3) is 0 Å². The van der Waals surface area contributed by atoms with Gasteiger partial charge in [-0.25, -0.2) is 4.79 Å². The van der Waals surface area contributed by atoms with Gasteiger partial charge >= 0.3 is 5.97 Å². The highest BCUT2D eigenvalue weighted by Crippen LogP contribution is 2.46. The Kier molecular flexibility index (Phi) is 7.86. The molecule has 0 aromatic heterocycles. The summed E-state index contributed by atoms with van der Waals surface area (Å²) in [5.74, 6) is 0.889. The zero-order chi connectivity index (χ0) is 22.0. The van der Waals surface area contributed by atoms with Gasteiger partial charge in [0.25, 0.3) is 0 Å². The predicted molar refractivity (Wildman–Crippen MR) is 133 cm³/mol. The number of benzene rings is 1. The van der Waals surface area contributed by atoms with Gasteiger partial charge in [0.05, 0.1) is 3.57 Å². The van der Waals surface area contributed by atoms with Crippen molar-refractivity contribution < 1.29 is 19.1 Å². The Balaban J connectivity index is 1.95. The Morgan fingerprint density at radius 3 is 2.77 bits per heavy atom. The van der Waals surface area contributed by atoms with Crippen LogP contribution in [0.15, 0.2) is 42.1 Å². The van der Waals surface area contributed by atoms with Crippen LogP contribution >= 0.6 is 45.2 Å². The van der Waals surface area contributed by atoms with Gasteiger partial charge in [-0.05, 0) is 52.1 Å². The van der Waals surface area contributed by atoms with E-state index in [0.29, 0.717) is 18.0 Å². The minimum absolute atomic E-state index is 0.00686. The highest BCUT2D eigenvalue weighted by atomic mass is 127. The van der Waals surface area contributed by atoms with Crippen LogP contribution in [0.4, 0.5) is 0 Å². The zero-order valence-electron chi connectivity index (χ0n) is 17.5. The number of ether oxygens (including phenoxy) is 2. The Labute approximate surface area is 205 Å². The molecule has 0 spiro atoms. The number of rotatable bonds is 8. The van der Waals surface area contributed by atoms with Gasteiger partial charge in [0, 0.05) is 28.4 Å². The average molecular weight is 635 g/mol. The molecule has 7 heteroatoms. The number of nitrogens with zero attached hydrogens (tertiary/aromatic N) is 1. The molecule has 1 fully saturated rings. The standard InChI is InChI=1S/C23H27I2NO4/c1-5-8-29-23(28)22-17(12-30-19-9-15(11-24)6-7-18(19)25)14(4)21-16(13(2)3)10-20(27)26(21)22/h5-7,9,13-14,16,21H,1,8,10-12H2,2-4H3/t14-,16-,21+/m0/s1. The molecule has 0 N–H and O–H groups in total. The highest BCUT2D eigenvalue weighted by Gasteiger charge is 2.53. The van der Waals surface area contributed by atoms with Crippen molar-refractivity contribution in [1.29, 1.82) is 0 Å². The number of carbonyl (C=O) groups is 2. The topological polar surface area (TPSA) is 55.8 Å². The van der Waals surface area contributed by atoms with E-state index in [1.807, 2.05) is 12.1 Å². The van der Waals surface area contributed by atoms with Crippen LogP contribution in [0.5, 0.6) is 5.75 Å². The van der Waals surface area contributed by atoms with Crippen LogP contribution in [-0.2, 0) is 18.8 Å². The number of halogens is 2. The van der Waals surface area contributed by atoms with Gasteiger partial charge in [-0.2, -0.15) is 0 Å². The van der Waals surface area contributed by atoms with Crippen LogP contribution in [0.2, 0.25) is 0 Å². The van der Waals surface area contributed by atoms with E-state index in [1.165, 1.54) is 11.6 Å². The Morgan fingerprint density at radius 2 is 2.13 bits per heavy atom. The number of hydrogen-bond acceptors (Lipinski definition) is 4. The van der Waals surface area contributed by atoms with E-state index in [4.69, 9.17) is 9.47 Å². The maximum absolute atomic E-state index is 12.9. The summed E-state index contributed by atoms with van der Waals surface area (Å²) in [6, 6.07) is 6.13. The van der Waals surface area contributed by atoms with E-state index in [2.05, 4.69) is 78.6 Å². The summed E-state index contributed by atoms with van der Waals surface area (Å²) in [6.07, 6.45) is 2.00. The second-order valence-corrected chi connectivity index (χ2v) is 10.0. The summed E-state index contributed by atoms with van der Waals surface area (Å²) in [6.45, 7) is 10.3. The third-order valence-electron chi connectivity index (χ3n) is 5.94. The molecule has 1 aromatic rings. The molecule has 0 unspecified atom stereocenters. The monoisotopic (exact) mass is 635 g/mol. The highest BCUT2D eigenvalue weighted by molar-refractivity contribution is 14.1. The molecule has 0 radical (unpaired) electrons. The summed E-state index contributed by atoms with van der Waals surface area (Å²) in [5.41, 5.74) is 2.38. The minimum Gasteiger partial charge on any atom is -0.488 e. The third-order valence-corrected chi connectivity index (χ3v) is 7.71. The molecule has 2 aliphatic rings. The largest absolute Gasteiger partial charge is 0.488 e. The number of esters is 1. The lowest BCUT2D eigenvalue weighted by atomic mass is 9.81. The quantitative estimate of drug-likeness (QED) is 0.173. The first-order valence-electron chi connectivity index (χ1n) is 10.1. The first kappa shape index (κ1) is 23.6. The van der Waals surface area contributed by atoms with Crippen molar-refractivity contribution in [3.05, 3.63) is 51.3 Å². The van der Waals surface area contributed by atoms with Crippen molar-refractivity contribution in [2.24, 2.45) is 17.8 Å². The number of carbonyl (C=O) groups excluding carboxylic acids is 2. The second kappa shape index (κ2) is 10.0. The molecule has 1 amide bonds. The molecule has 3 atom stereocenters. The van der Waals surface area contributed by atoms with Crippen molar-refractivity contribution in [2.45, 2.75) is 37.7 Å². The Bertz CT molecular complexity index is 880. The predicted octanol–water partition coefficient (Wildman–Crippen LogP) is 5.11. The van der Waals surface area contributed by atoms with Crippen molar-refractivity contribution in [3.8, 4) is 5.75 Å². The van der Waals surface area contributed by atoms with Crippen LogP contribution in [0, 0.1) is 21.3 Å². The third kappa shape index (κ3) is 4.56. The van der Waals surface area contributed by atoms with E-state index >= 15 is 0 Å². The SMILES string of the molecule is C=CCOC(=O)C1=C(COc2cc(CI)ccc2I)[C@H](C)[C@@H]2[C@H](C(C)C)CC(=O)N12. The molecule has 1 saturated heterocycles. The molecule has 0 aliphatic carbocycles. The van der Waals surface area contributed by atoms with Crippen LogP contribution in [-0.4, -0.2) is 36.0 Å². The van der Waals surface area contributed by atoms with Crippen molar-refractivity contribution >= 4 is 57.1 Å². The van der Waals surface area contributed by atoms with Gasteiger partial charge in [0.1, 0.15) is 24.7 Å². The fourth-order valence-electron chi connectivity index (χ4n) is 4.38. The summed E-state index contributed by atoms with van der Waals surface area (Å²) in [5, 5.41) is 0. The van der Waals surface area contributed by atoms with Gasteiger partial charge in [-0.15, -0.1) is 0 Å². The molecule has 2 aliphatic heterocycles. The minimum atomic E-state index is -0.476. The molecule has 0 bridgehead atoms. The molecule has 162 valence electrons. The molecular formula is C23H27I2NO4. The van der Waals surface area contributed by atoms with Crippen LogP contribution in [0.3, 0.4) is 0 Å². The lowest BCUT2D eigenvalue weighted by Gasteiger charge is -2.28. The number of amides is 1. The lowest BCUT2D eigenvalue weighted by molar-refractivity contribution is -0.142. The van der Waals surface area contributed by atoms with E-state index < -0.39 is 5.97 Å². The maximum atomic E-state index is 12.9. The average Bonchev–Trinajstić information content (AvgIpc) is 3.21. The maximum Gasteiger partial charge on any atom is 0.355 e. The molecule has 30 heavy (non-hydrogen) atoms. The first-order chi connectivity index (χ1) is 14.3. The van der Waals surface area contributed by atoms with E-state index in [-0.39, 0.29) is 37.0 Å². The van der Waals surface area contributed by atoms with E-state index in [0.717, 1.165) is 19.3 Å². The second-order valence-electron chi connectivity index (χ2n) is 8.10. The fourth-order valence-corrected chi connectivity index (χ4v) is 5.35. The summed E-state index contributed by atoms with van der Waals surface area (Å²) >= 11 is 4.58. The number of alkyl halides is 1.